The summed E-state index contributed by atoms with van der Waals surface area (Å²) in [6, 6.07) is 13.0. The van der Waals surface area contributed by atoms with Crippen LogP contribution in [0.3, 0.4) is 0 Å². The number of benzene rings is 2. The molecule has 1 saturated heterocycles. The number of rotatable bonds is 5. The number of halogens is 2. The zero-order valence-corrected chi connectivity index (χ0v) is 17.6. The highest BCUT2D eigenvalue weighted by molar-refractivity contribution is 14.1. The molecular weight excluding hydrogens is 485 g/mol. The smallest absolute Gasteiger partial charge is 0.293 e. The molecule has 0 radical (unpaired) electrons. The van der Waals surface area contributed by atoms with E-state index in [0.29, 0.717) is 22.3 Å². The van der Waals surface area contributed by atoms with Gasteiger partial charge >= 0.3 is 0 Å². The number of nitrogens with zero attached hydrogens (tertiary/aromatic N) is 1. The number of ether oxygens (including phenoxy) is 1. The van der Waals surface area contributed by atoms with Crippen LogP contribution in [0.2, 0.25) is 5.02 Å². The fourth-order valence-corrected chi connectivity index (χ4v) is 3.88. The Balaban J connectivity index is 1.78. The van der Waals surface area contributed by atoms with Crippen LogP contribution in [0.1, 0.15) is 18.1 Å². The second-order valence-corrected chi connectivity index (χ2v) is 8.16. The molecule has 1 fully saturated rings. The van der Waals surface area contributed by atoms with Crippen LogP contribution < -0.4 is 4.74 Å². The van der Waals surface area contributed by atoms with Crippen molar-refractivity contribution in [2.24, 2.45) is 0 Å². The van der Waals surface area contributed by atoms with Crippen molar-refractivity contribution in [2.75, 3.05) is 6.61 Å². The SMILES string of the molecule is CCOc1ccc(/C=C2\SC(=O)N(Cc3ccc(I)cc3)C2=O)cc1Cl. The van der Waals surface area contributed by atoms with Crippen LogP contribution in [-0.2, 0) is 11.3 Å². The molecule has 2 aromatic carbocycles. The van der Waals surface area contributed by atoms with Gasteiger partial charge in [0, 0.05) is 3.57 Å². The van der Waals surface area contributed by atoms with Gasteiger partial charge in [-0.15, -0.1) is 0 Å². The topological polar surface area (TPSA) is 46.6 Å². The van der Waals surface area contributed by atoms with Crippen LogP contribution in [0.25, 0.3) is 6.08 Å². The number of carbonyl (C=O) groups excluding carboxylic acids is 2. The van der Waals surface area contributed by atoms with E-state index in [4.69, 9.17) is 16.3 Å². The van der Waals surface area contributed by atoms with E-state index in [-0.39, 0.29) is 17.7 Å². The maximum atomic E-state index is 12.6. The lowest BCUT2D eigenvalue weighted by atomic mass is 10.2. The van der Waals surface area contributed by atoms with Crippen LogP contribution >= 0.6 is 46.0 Å². The summed E-state index contributed by atoms with van der Waals surface area (Å²) >= 11 is 9.34. The van der Waals surface area contributed by atoms with Gasteiger partial charge in [0.2, 0.25) is 0 Å². The second-order valence-electron chi connectivity index (χ2n) is 5.52. The first-order valence-electron chi connectivity index (χ1n) is 7.90. The molecular formula is C19H15ClINO3S. The number of thioether (sulfide) groups is 1. The van der Waals surface area contributed by atoms with Gasteiger partial charge in [-0.05, 0) is 82.7 Å². The van der Waals surface area contributed by atoms with Crippen LogP contribution in [0.15, 0.2) is 47.4 Å². The van der Waals surface area contributed by atoms with E-state index < -0.39 is 0 Å². The van der Waals surface area contributed by atoms with Gasteiger partial charge in [-0.1, -0.05) is 29.8 Å². The first-order valence-corrected chi connectivity index (χ1v) is 10.2. The molecule has 0 aromatic heterocycles. The summed E-state index contributed by atoms with van der Waals surface area (Å²) in [5.41, 5.74) is 1.66. The average Bonchev–Trinajstić information content (AvgIpc) is 2.87. The van der Waals surface area contributed by atoms with E-state index in [2.05, 4.69) is 22.6 Å². The van der Waals surface area contributed by atoms with Gasteiger partial charge in [-0.2, -0.15) is 0 Å². The molecule has 0 bridgehead atoms. The molecule has 0 N–H and O–H groups in total. The normalized spacial score (nSPS) is 15.8. The van der Waals surface area contributed by atoms with E-state index >= 15 is 0 Å². The third-order valence-electron chi connectivity index (χ3n) is 3.68. The lowest BCUT2D eigenvalue weighted by molar-refractivity contribution is -0.123. The predicted octanol–water partition coefficient (Wildman–Crippen LogP) is 5.58. The Morgan fingerprint density at radius 1 is 1.19 bits per heavy atom. The Bertz CT molecular complexity index is 883. The average molecular weight is 500 g/mol. The number of hydrogen-bond donors (Lipinski definition) is 0. The molecule has 0 spiro atoms. The van der Waals surface area contributed by atoms with Crippen LogP contribution in [0.4, 0.5) is 4.79 Å². The van der Waals surface area contributed by atoms with Crippen LogP contribution in [0, 0.1) is 3.57 Å². The fraction of sp³-hybridized carbons (Fsp3) is 0.158. The fourth-order valence-electron chi connectivity index (χ4n) is 2.44. The summed E-state index contributed by atoms with van der Waals surface area (Å²) in [5, 5.41) is 0.204. The Labute approximate surface area is 174 Å². The van der Waals surface area contributed by atoms with Crippen molar-refractivity contribution < 1.29 is 14.3 Å². The van der Waals surface area contributed by atoms with E-state index in [9.17, 15) is 9.59 Å². The highest BCUT2D eigenvalue weighted by Crippen LogP contribution is 2.34. The zero-order valence-electron chi connectivity index (χ0n) is 13.9. The molecule has 1 aliphatic rings. The van der Waals surface area contributed by atoms with E-state index in [1.165, 1.54) is 4.90 Å². The summed E-state index contributed by atoms with van der Waals surface area (Å²) < 4.78 is 6.51. The monoisotopic (exact) mass is 499 g/mol. The lowest BCUT2D eigenvalue weighted by Gasteiger charge is -2.12. The van der Waals surface area contributed by atoms with Gasteiger partial charge in [0.15, 0.2) is 0 Å². The van der Waals surface area contributed by atoms with Gasteiger partial charge in [-0.25, -0.2) is 0 Å². The minimum absolute atomic E-state index is 0.267. The minimum atomic E-state index is -0.288. The van der Waals surface area contributed by atoms with Crippen molar-refractivity contribution in [2.45, 2.75) is 13.5 Å². The lowest BCUT2D eigenvalue weighted by Crippen LogP contribution is -2.27. The molecule has 0 saturated carbocycles. The Hall–Kier alpha value is -1.51. The largest absolute Gasteiger partial charge is 0.492 e. The molecule has 4 nitrogen and oxygen atoms in total. The van der Waals surface area contributed by atoms with Gasteiger partial charge in [-0.3, -0.25) is 14.5 Å². The van der Waals surface area contributed by atoms with Crippen LogP contribution in [-0.4, -0.2) is 22.7 Å². The molecule has 7 heteroatoms. The number of hydrogen-bond acceptors (Lipinski definition) is 4. The number of imide groups is 1. The van der Waals surface area contributed by atoms with Crippen molar-refractivity contribution in [3.63, 3.8) is 0 Å². The molecule has 3 rings (SSSR count). The molecule has 1 aliphatic heterocycles. The molecule has 2 amide bonds. The molecule has 0 atom stereocenters. The molecule has 134 valence electrons. The minimum Gasteiger partial charge on any atom is -0.492 e. The zero-order chi connectivity index (χ0) is 18.7. The summed E-state index contributed by atoms with van der Waals surface area (Å²) in [6.45, 7) is 2.67. The Morgan fingerprint density at radius 2 is 1.92 bits per heavy atom. The standard InChI is InChI=1S/C19H15ClINO3S/c1-2-25-16-8-5-13(9-15(16)20)10-17-18(23)22(19(24)26-17)11-12-3-6-14(21)7-4-12/h3-10H,2,11H2,1H3/b17-10-. The van der Waals surface area contributed by atoms with Crippen molar-refractivity contribution in [1.29, 1.82) is 0 Å². The first-order chi connectivity index (χ1) is 12.5. The predicted molar refractivity (Wildman–Crippen MR) is 113 cm³/mol. The summed E-state index contributed by atoms with van der Waals surface area (Å²) in [6.07, 6.45) is 1.68. The van der Waals surface area contributed by atoms with Gasteiger partial charge in [0.25, 0.3) is 11.1 Å². The molecule has 26 heavy (non-hydrogen) atoms. The second kappa shape index (κ2) is 8.45. The van der Waals surface area contributed by atoms with Gasteiger partial charge in [0.1, 0.15) is 5.75 Å². The van der Waals surface area contributed by atoms with Crippen molar-refractivity contribution in [3.8, 4) is 5.75 Å². The number of amides is 2. The Morgan fingerprint density at radius 3 is 2.58 bits per heavy atom. The maximum absolute atomic E-state index is 12.6. The van der Waals surface area contributed by atoms with Crippen molar-refractivity contribution in [1.82, 2.24) is 4.90 Å². The maximum Gasteiger partial charge on any atom is 0.293 e. The molecule has 0 unspecified atom stereocenters. The molecule has 2 aromatic rings. The van der Waals surface area contributed by atoms with E-state index in [1.54, 1.807) is 18.2 Å². The van der Waals surface area contributed by atoms with Crippen molar-refractivity contribution >= 4 is 63.2 Å². The third-order valence-corrected chi connectivity index (χ3v) is 5.60. The van der Waals surface area contributed by atoms with E-state index in [0.717, 1.165) is 26.5 Å². The highest BCUT2D eigenvalue weighted by Gasteiger charge is 2.34. The summed E-state index contributed by atoms with van der Waals surface area (Å²) in [4.78, 5) is 26.5. The summed E-state index contributed by atoms with van der Waals surface area (Å²) in [5.74, 6) is 0.307. The molecule has 1 heterocycles. The van der Waals surface area contributed by atoms with Crippen molar-refractivity contribution in [3.05, 3.63) is 67.1 Å². The summed E-state index contributed by atoms with van der Waals surface area (Å²) in [7, 11) is 0. The van der Waals surface area contributed by atoms with Gasteiger partial charge < -0.3 is 4.74 Å². The van der Waals surface area contributed by atoms with Gasteiger partial charge in [0.05, 0.1) is 23.1 Å². The molecule has 0 aliphatic carbocycles. The van der Waals surface area contributed by atoms with E-state index in [1.807, 2.05) is 37.3 Å². The van der Waals surface area contributed by atoms with Crippen LogP contribution in [0.5, 0.6) is 5.75 Å². The Kier molecular flexibility index (Phi) is 6.26. The highest BCUT2D eigenvalue weighted by atomic mass is 127. The third kappa shape index (κ3) is 4.42. The number of carbonyl (C=O) groups is 2. The first kappa shape index (κ1) is 19.3. The quantitative estimate of drug-likeness (QED) is 0.398.